The predicted octanol–water partition coefficient (Wildman–Crippen LogP) is 2.46. The van der Waals surface area contributed by atoms with Crippen LogP contribution in [0.25, 0.3) is 22.4 Å². The predicted molar refractivity (Wildman–Crippen MR) is 95.9 cm³/mol. The van der Waals surface area contributed by atoms with Gasteiger partial charge < -0.3 is 15.2 Å². The third-order valence-corrected chi connectivity index (χ3v) is 4.49. The summed E-state index contributed by atoms with van der Waals surface area (Å²) in [5, 5.41) is 5.54. The maximum Gasteiger partial charge on any atom is 0.246 e. The first-order chi connectivity index (χ1) is 12.1. The molecule has 2 amide bonds. The van der Waals surface area contributed by atoms with Gasteiger partial charge in [0.2, 0.25) is 11.8 Å². The summed E-state index contributed by atoms with van der Waals surface area (Å²) < 4.78 is 2.04. The number of anilines is 1. The molecule has 1 atom stereocenters. The minimum absolute atomic E-state index is 0.0761. The highest BCUT2D eigenvalue weighted by molar-refractivity contribution is 6.00. The highest BCUT2D eigenvalue weighted by Crippen LogP contribution is 2.25. The molecule has 6 heteroatoms. The average Bonchev–Trinajstić information content (AvgIpc) is 3.19. The van der Waals surface area contributed by atoms with E-state index < -0.39 is 6.04 Å². The van der Waals surface area contributed by atoms with Gasteiger partial charge in [-0.15, -0.1) is 0 Å². The molecular formula is C19H18N4O2. The molecule has 0 saturated carbocycles. The van der Waals surface area contributed by atoms with E-state index >= 15 is 0 Å². The Hall–Kier alpha value is -3.15. The normalized spacial score (nSPS) is 16.8. The van der Waals surface area contributed by atoms with Gasteiger partial charge in [-0.2, -0.15) is 0 Å². The molecule has 0 spiro atoms. The van der Waals surface area contributed by atoms with Crippen LogP contribution in [-0.4, -0.2) is 27.4 Å². The molecule has 2 aromatic carbocycles. The van der Waals surface area contributed by atoms with Crippen LogP contribution < -0.4 is 10.6 Å². The van der Waals surface area contributed by atoms with Gasteiger partial charge in [-0.3, -0.25) is 9.59 Å². The van der Waals surface area contributed by atoms with E-state index in [1.54, 1.807) is 0 Å². The Morgan fingerprint density at radius 2 is 2.04 bits per heavy atom. The summed E-state index contributed by atoms with van der Waals surface area (Å²) in [5.74, 6) is 0.611. The van der Waals surface area contributed by atoms with Gasteiger partial charge in [-0.05, 0) is 24.6 Å². The number of aryl methyl sites for hydroxylation is 1. The largest absolute Gasteiger partial charge is 0.344 e. The van der Waals surface area contributed by atoms with Gasteiger partial charge in [-0.25, -0.2) is 4.98 Å². The zero-order valence-corrected chi connectivity index (χ0v) is 13.8. The van der Waals surface area contributed by atoms with Crippen LogP contribution in [0, 0.1) is 0 Å². The van der Waals surface area contributed by atoms with Crippen molar-refractivity contribution in [3.8, 4) is 11.4 Å². The maximum absolute atomic E-state index is 12.2. The van der Waals surface area contributed by atoms with Crippen LogP contribution in [0.4, 0.5) is 5.69 Å². The summed E-state index contributed by atoms with van der Waals surface area (Å²) >= 11 is 0. The van der Waals surface area contributed by atoms with Crippen molar-refractivity contribution in [3.63, 3.8) is 0 Å². The number of carbonyl (C=O) groups excluding carboxylic acids is 2. The van der Waals surface area contributed by atoms with Crippen molar-refractivity contribution in [2.24, 2.45) is 7.05 Å². The highest BCUT2D eigenvalue weighted by atomic mass is 16.2. The first-order valence-electron chi connectivity index (χ1n) is 8.24. The molecule has 2 N–H and O–H groups in total. The van der Waals surface area contributed by atoms with Gasteiger partial charge in [0.25, 0.3) is 0 Å². The van der Waals surface area contributed by atoms with Gasteiger partial charge in [0, 0.05) is 24.7 Å². The van der Waals surface area contributed by atoms with Crippen molar-refractivity contribution in [1.29, 1.82) is 0 Å². The summed E-state index contributed by atoms with van der Waals surface area (Å²) in [6.07, 6.45) is 0.937. The molecule has 2 heterocycles. The molecule has 0 radical (unpaired) electrons. The van der Waals surface area contributed by atoms with Crippen LogP contribution in [0.2, 0.25) is 0 Å². The number of aromatic nitrogens is 2. The minimum atomic E-state index is -0.452. The first-order valence-corrected chi connectivity index (χ1v) is 8.24. The lowest BCUT2D eigenvalue weighted by atomic mass is 10.2. The molecule has 1 aliphatic rings. The van der Waals surface area contributed by atoms with Crippen LogP contribution in [-0.2, 0) is 16.6 Å². The summed E-state index contributed by atoms with van der Waals surface area (Å²) in [5.41, 5.74) is 3.53. The SMILES string of the molecule is Cn1c(-c2ccccc2)nc2cc(NC(=O)C3CCC(=O)N3)ccc21. The smallest absolute Gasteiger partial charge is 0.246 e. The van der Waals surface area contributed by atoms with E-state index in [0.717, 1.165) is 22.4 Å². The maximum atomic E-state index is 12.2. The van der Waals surface area contributed by atoms with Crippen molar-refractivity contribution >= 4 is 28.5 Å². The number of hydrogen-bond acceptors (Lipinski definition) is 3. The van der Waals surface area contributed by atoms with Crippen LogP contribution in [0.15, 0.2) is 48.5 Å². The van der Waals surface area contributed by atoms with Crippen molar-refractivity contribution < 1.29 is 9.59 Å². The van der Waals surface area contributed by atoms with Crippen LogP contribution >= 0.6 is 0 Å². The Bertz CT molecular complexity index is 962. The number of benzene rings is 2. The third kappa shape index (κ3) is 2.87. The molecule has 0 aliphatic carbocycles. The second-order valence-electron chi connectivity index (χ2n) is 6.21. The van der Waals surface area contributed by atoms with E-state index in [-0.39, 0.29) is 11.8 Å². The molecule has 25 heavy (non-hydrogen) atoms. The number of fused-ring (bicyclic) bond motifs is 1. The molecule has 0 bridgehead atoms. The second kappa shape index (κ2) is 6.05. The van der Waals surface area contributed by atoms with Gasteiger partial charge in [-0.1, -0.05) is 30.3 Å². The molecule has 6 nitrogen and oxygen atoms in total. The highest BCUT2D eigenvalue weighted by Gasteiger charge is 2.27. The average molecular weight is 334 g/mol. The number of rotatable bonds is 3. The Kier molecular flexibility index (Phi) is 3.72. The third-order valence-electron chi connectivity index (χ3n) is 4.49. The van der Waals surface area contributed by atoms with Gasteiger partial charge >= 0.3 is 0 Å². The fraction of sp³-hybridized carbons (Fsp3) is 0.211. The lowest BCUT2D eigenvalue weighted by Crippen LogP contribution is -2.37. The Labute approximate surface area is 144 Å². The minimum Gasteiger partial charge on any atom is -0.344 e. The fourth-order valence-corrected chi connectivity index (χ4v) is 3.16. The lowest BCUT2D eigenvalue weighted by Gasteiger charge is -2.10. The molecule has 3 aromatic rings. The van der Waals surface area contributed by atoms with Crippen molar-refractivity contribution in [2.45, 2.75) is 18.9 Å². The molecule has 1 unspecified atom stereocenters. The summed E-state index contributed by atoms with van der Waals surface area (Å²) in [6, 6.07) is 15.2. The van der Waals surface area contributed by atoms with E-state index in [1.165, 1.54) is 0 Å². The number of nitrogens with one attached hydrogen (secondary N) is 2. The van der Waals surface area contributed by atoms with E-state index in [2.05, 4.69) is 10.6 Å². The van der Waals surface area contributed by atoms with Crippen LogP contribution in [0.3, 0.4) is 0 Å². The first kappa shape index (κ1) is 15.4. The zero-order chi connectivity index (χ0) is 17.4. The van der Waals surface area contributed by atoms with E-state index in [9.17, 15) is 9.59 Å². The standard InChI is InChI=1S/C19H18N4O2/c1-23-16-9-7-13(20-19(25)14-8-10-17(24)21-14)11-15(16)22-18(23)12-5-3-2-4-6-12/h2-7,9,11,14H,8,10H2,1H3,(H,20,25)(H,21,24). The lowest BCUT2D eigenvalue weighted by molar-refractivity contribution is -0.122. The Morgan fingerprint density at radius 1 is 1.24 bits per heavy atom. The number of carbonyl (C=O) groups is 2. The van der Waals surface area contributed by atoms with E-state index in [0.29, 0.717) is 18.5 Å². The summed E-state index contributed by atoms with van der Waals surface area (Å²) in [4.78, 5) is 28.2. The fourth-order valence-electron chi connectivity index (χ4n) is 3.16. The number of nitrogens with zero attached hydrogens (tertiary/aromatic N) is 2. The van der Waals surface area contributed by atoms with Crippen molar-refractivity contribution in [1.82, 2.24) is 14.9 Å². The number of amides is 2. The molecule has 4 rings (SSSR count). The quantitative estimate of drug-likeness (QED) is 0.772. The Morgan fingerprint density at radius 3 is 2.76 bits per heavy atom. The second-order valence-corrected chi connectivity index (χ2v) is 6.21. The van der Waals surface area contributed by atoms with Crippen LogP contribution in [0.5, 0.6) is 0 Å². The van der Waals surface area contributed by atoms with Crippen molar-refractivity contribution in [3.05, 3.63) is 48.5 Å². The van der Waals surface area contributed by atoms with Crippen LogP contribution in [0.1, 0.15) is 12.8 Å². The topological polar surface area (TPSA) is 76.0 Å². The molecule has 1 aromatic heterocycles. The van der Waals surface area contributed by atoms with E-state index in [4.69, 9.17) is 4.98 Å². The monoisotopic (exact) mass is 334 g/mol. The van der Waals surface area contributed by atoms with Gasteiger partial charge in [0.15, 0.2) is 0 Å². The van der Waals surface area contributed by atoms with Gasteiger partial charge in [0.1, 0.15) is 11.9 Å². The number of imidazole rings is 1. The Balaban J connectivity index is 1.62. The zero-order valence-electron chi connectivity index (χ0n) is 13.8. The van der Waals surface area contributed by atoms with Crippen molar-refractivity contribution in [2.75, 3.05) is 5.32 Å². The number of hydrogen-bond donors (Lipinski definition) is 2. The molecule has 1 fully saturated rings. The van der Waals surface area contributed by atoms with Gasteiger partial charge in [0.05, 0.1) is 11.0 Å². The van der Waals surface area contributed by atoms with E-state index in [1.807, 2.05) is 60.1 Å². The molecular weight excluding hydrogens is 316 g/mol. The molecule has 1 aliphatic heterocycles. The summed E-state index contributed by atoms with van der Waals surface area (Å²) in [7, 11) is 1.98. The molecule has 126 valence electrons. The summed E-state index contributed by atoms with van der Waals surface area (Å²) in [6.45, 7) is 0. The molecule has 1 saturated heterocycles.